The van der Waals surface area contributed by atoms with Crippen molar-refractivity contribution in [1.82, 2.24) is 0 Å². The first-order valence-corrected chi connectivity index (χ1v) is 6.41. The van der Waals surface area contributed by atoms with E-state index in [4.69, 9.17) is 16.3 Å². The van der Waals surface area contributed by atoms with Gasteiger partial charge in [-0.05, 0) is 31.0 Å². The van der Waals surface area contributed by atoms with Crippen LogP contribution in [-0.4, -0.2) is 12.6 Å². The Morgan fingerprint density at radius 2 is 2.06 bits per heavy atom. The summed E-state index contributed by atoms with van der Waals surface area (Å²) in [7, 11) is 0. The number of esters is 1. The highest BCUT2D eigenvalue weighted by Gasteiger charge is 2.10. The molecule has 0 heterocycles. The van der Waals surface area contributed by atoms with Crippen LogP contribution in [0.2, 0.25) is 0 Å². The fourth-order valence-corrected chi connectivity index (χ4v) is 1.83. The van der Waals surface area contributed by atoms with E-state index in [0.29, 0.717) is 19.4 Å². The summed E-state index contributed by atoms with van der Waals surface area (Å²) in [4.78, 5) is 11.1. The second kappa shape index (κ2) is 6.92. The first-order chi connectivity index (χ1) is 7.63. The highest BCUT2D eigenvalue weighted by molar-refractivity contribution is 9.10. The lowest BCUT2D eigenvalue weighted by molar-refractivity contribution is -0.143. The van der Waals surface area contributed by atoms with Crippen molar-refractivity contribution in [3.63, 3.8) is 0 Å². The third kappa shape index (κ3) is 4.54. The Morgan fingerprint density at radius 1 is 1.44 bits per heavy atom. The lowest BCUT2D eigenvalue weighted by Crippen LogP contribution is -2.05. The van der Waals surface area contributed by atoms with Gasteiger partial charge in [-0.15, -0.1) is 11.6 Å². The van der Waals surface area contributed by atoms with Gasteiger partial charge in [0.1, 0.15) is 0 Å². The van der Waals surface area contributed by atoms with Crippen LogP contribution in [0.15, 0.2) is 28.7 Å². The smallest absolute Gasteiger partial charge is 0.305 e. The second-order valence-electron chi connectivity index (χ2n) is 3.36. The summed E-state index contributed by atoms with van der Waals surface area (Å²) < 4.78 is 5.86. The molecule has 88 valence electrons. The first kappa shape index (κ1) is 13.5. The molecule has 1 atom stereocenters. The molecule has 16 heavy (non-hydrogen) atoms. The van der Waals surface area contributed by atoms with Gasteiger partial charge in [0, 0.05) is 10.9 Å². The predicted molar refractivity (Wildman–Crippen MR) is 68.6 cm³/mol. The Labute approximate surface area is 109 Å². The van der Waals surface area contributed by atoms with Crippen molar-refractivity contribution in [3.05, 3.63) is 34.3 Å². The Kier molecular flexibility index (Phi) is 5.85. The van der Waals surface area contributed by atoms with E-state index < -0.39 is 0 Å². The predicted octanol–water partition coefficient (Wildman–Crippen LogP) is 4.07. The summed E-state index contributed by atoms with van der Waals surface area (Å²) in [5, 5.41) is -0.141. The minimum atomic E-state index is -0.190. The van der Waals surface area contributed by atoms with E-state index in [1.807, 2.05) is 24.3 Å². The summed E-state index contributed by atoms with van der Waals surface area (Å²) in [5.41, 5.74) is 1.02. The lowest BCUT2D eigenvalue weighted by atomic mass is 10.1. The molecule has 0 saturated carbocycles. The van der Waals surface area contributed by atoms with Crippen molar-refractivity contribution in [2.45, 2.75) is 25.1 Å². The van der Waals surface area contributed by atoms with E-state index in [9.17, 15) is 4.79 Å². The van der Waals surface area contributed by atoms with Crippen LogP contribution in [0.5, 0.6) is 0 Å². The molecule has 0 radical (unpaired) electrons. The van der Waals surface area contributed by atoms with Gasteiger partial charge in [0.05, 0.1) is 12.0 Å². The van der Waals surface area contributed by atoms with Crippen LogP contribution in [0.1, 0.15) is 30.7 Å². The molecule has 0 fully saturated rings. The van der Waals surface area contributed by atoms with E-state index in [2.05, 4.69) is 15.9 Å². The van der Waals surface area contributed by atoms with Gasteiger partial charge in [-0.1, -0.05) is 28.1 Å². The van der Waals surface area contributed by atoms with E-state index in [0.717, 1.165) is 10.0 Å². The van der Waals surface area contributed by atoms with Crippen molar-refractivity contribution < 1.29 is 9.53 Å². The standard InChI is InChI=1S/C12H14BrClO2/c1-2-16-12(15)8-7-11(14)9-3-5-10(13)6-4-9/h3-6,11H,2,7-8H2,1H3. The van der Waals surface area contributed by atoms with E-state index in [1.165, 1.54) is 0 Å². The zero-order chi connectivity index (χ0) is 12.0. The van der Waals surface area contributed by atoms with Gasteiger partial charge in [0.2, 0.25) is 0 Å². The maximum atomic E-state index is 11.1. The monoisotopic (exact) mass is 304 g/mol. The molecule has 1 aromatic rings. The molecule has 0 saturated heterocycles. The maximum Gasteiger partial charge on any atom is 0.305 e. The topological polar surface area (TPSA) is 26.3 Å². The number of hydrogen-bond acceptors (Lipinski definition) is 2. The van der Waals surface area contributed by atoms with Crippen molar-refractivity contribution in [2.24, 2.45) is 0 Å². The molecule has 0 amide bonds. The number of benzene rings is 1. The maximum absolute atomic E-state index is 11.1. The molecule has 0 N–H and O–H groups in total. The Balaban J connectivity index is 2.43. The number of ether oxygens (including phenoxy) is 1. The summed E-state index contributed by atoms with van der Waals surface area (Å²) in [5.74, 6) is -0.190. The summed E-state index contributed by atoms with van der Waals surface area (Å²) in [6.07, 6.45) is 0.958. The number of carbonyl (C=O) groups is 1. The van der Waals surface area contributed by atoms with Crippen molar-refractivity contribution in [3.8, 4) is 0 Å². The Morgan fingerprint density at radius 3 is 2.62 bits per heavy atom. The van der Waals surface area contributed by atoms with Gasteiger partial charge in [-0.2, -0.15) is 0 Å². The SMILES string of the molecule is CCOC(=O)CCC(Cl)c1ccc(Br)cc1. The van der Waals surface area contributed by atoms with Gasteiger partial charge < -0.3 is 4.74 Å². The van der Waals surface area contributed by atoms with Crippen LogP contribution >= 0.6 is 27.5 Å². The van der Waals surface area contributed by atoms with Crippen molar-refractivity contribution >= 4 is 33.5 Å². The summed E-state index contributed by atoms with van der Waals surface area (Å²) in [6, 6.07) is 7.78. The van der Waals surface area contributed by atoms with Crippen LogP contribution in [0, 0.1) is 0 Å². The van der Waals surface area contributed by atoms with Crippen LogP contribution in [0.3, 0.4) is 0 Å². The Hall–Kier alpha value is -0.540. The number of hydrogen-bond donors (Lipinski definition) is 0. The largest absolute Gasteiger partial charge is 0.466 e. The van der Waals surface area contributed by atoms with Crippen molar-refractivity contribution in [2.75, 3.05) is 6.61 Å². The highest BCUT2D eigenvalue weighted by Crippen LogP contribution is 2.26. The van der Waals surface area contributed by atoms with Gasteiger partial charge in [-0.3, -0.25) is 4.79 Å². The average molecular weight is 306 g/mol. The van der Waals surface area contributed by atoms with E-state index in [1.54, 1.807) is 6.92 Å². The van der Waals surface area contributed by atoms with Crippen LogP contribution in [-0.2, 0) is 9.53 Å². The number of rotatable bonds is 5. The Bertz CT molecular complexity index is 337. The number of alkyl halides is 1. The van der Waals surface area contributed by atoms with Gasteiger partial charge in [0.25, 0.3) is 0 Å². The lowest BCUT2D eigenvalue weighted by Gasteiger charge is -2.09. The second-order valence-corrected chi connectivity index (χ2v) is 4.81. The summed E-state index contributed by atoms with van der Waals surface area (Å²) in [6.45, 7) is 2.22. The minimum absolute atomic E-state index is 0.141. The molecular weight excluding hydrogens is 291 g/mol. The molecule has 0 aliphatic carbocycles. The van der Waals surface area contributed by atoms with Gasteiger partial charge in [0.15, 0.2) is 0 Å². The van der Waals surface area contributed by atoms with Gasteiger partial charge in [-0.25, -0.2) is 0 Å². The fourth-order valence-electron chi connectivity index (χ4n) is 1.32. The minimum Gasteiger partial charge on any atom is -0.466 e. The van der Waals surface area contributed by atoms with Gasteiger partial charge >= 0.3 is 5.97 Å². The third-order valence-electron chi connectivity index (χ3n) is 2.14. The van der Waals surface area contributed by atoms with E-state index in [-0.39, 0.29) is 11.3 Å². The quantitative estimate of drug-likeness (QED) is 0.605. The number of halogens is 2. The molecule has 4 heteroatoms. The van der Waals surface area contributed by atoms with Crippen LogP contribution in [0.25, 0.3) is 0 Å². The number of carbonyl (C=O) groups excluding carboxylic acids is 1. The normalized spacial score (nSPS) is 12.2. The average Bonchev–Trinajstić information content (AvgIpc) is 2.27. The molecule has 0 spiro atoms. The molecule has 0 aromatic heterocycles. The highest BCUT2D eigenvalue weighted by atomic mass is 79.9. The van der Waals surface area contributed by atoms with E-state index >= 15 is 0 Å². The third-order valence-corrected chi connectivity index (χ3v) is 3.14. The molecule has 1 rings (SSSR count). The molecular formula is C12H14BrClO2. The van der Waals surface area contributed by atoms with Crippen LogP contribution in [0.4, 0.5) is 0 Å². The molecule has 0 aliphatic rings. The van der Waals surface area contributed by atoms with Crippen LogP contribution < -0.4 is 0 Å². The molecule has 2 nitrogen and oxygen atoms in total. The zero-order valence-electron chi connectivity index (χ0n) is 9.08. The van der Waals surface area contributed by atoms with Crippen molar-refractivity contribution in [1.29, 1.82) is 0 Å². The molecule has 1 unspecified atom stereocenters. The zero-order valence-corrected chi connectivity index (χ0v) is 11.4. The molecule has 0 bridgehead atoms. The molecule has 1 aromatic carbocycles. The summed E-state index contributed by atoms with van der Waals surface area (Å²) >= 11 is 9.54. The molecule has 0 aliphatic heterocycles. The first-order valence-electron chi connectivity index (χ1n) is 5.18. The fraction of sp³-hybridized carbons (Fsp3) is 0.417.